The fourth-order valence-corrected chi connectivity index (χ4v) is 8.50. The van der Waals surface area contributed by atoms with Gasteiger partial charge in [0.1, 0.15) is 0 Å². The Hall–Kier alpha value is -7.30. The second-order valence-corrected chi connectivity index (χ2v) is 16.7. The van der Waals surface area contributed by atoms with Gasteiger partial charge in [-0.2, -0.15) is 0 Å². The molecule has 314 valence electrons. The zero-order valence-corrected chi connectivity index (χ0v) is 37.4. The smallest absolute Gasteiger partial charge is 0.0559 e. The third-order valence-electron chi connectivity index (χ3n) is 11.3. The minimum absolute atomic E-state index is 0.216. The lowest BCUT2D eigenvalue weighted by atomic mass is 10.0. The average Bonchev–Trinajstić information content (AvgIpc) is 3.29. The fraction of sp³-hybridized carbons (Fsp3) is 0.153. The Bertz CT molecular complexity index is 2720. The molecule has 63 heavy (non-hydrogen) atoms. The Morgan fingerprint density at radius 3 is 1.43 bits per heavy atom. The van der Waals surface area contributed by atoms with Crippen molar-refractivity contribution < 1.29 is 0 Å². The van der Waals surface area contributed by atoms with E-state index in [0.29, 0.717) is 5.92 Å². The molecule has 0 spiro atoms. The van der Waals surface area contributed by atoms with E-state index in [4.69, 9.17) is 0 Å². The van der Waals surface area contributed by atoms with Gasteiger partial charge in [-0.15, -0.1) is 0 Å². The van der Waals surface area contributed by atoms with Gasteiger partial charge in [-0.3, -0.25) is 0 Å². The van der Waals surface area contributed by atoms with Crippen LogP contribution in [-0.2, 0) is 0 Å². The molecule has 0 saturated heterocycles. The summed E-state index contributed by atoms with van der Waals surface area (Å²) in [6.45, 7) is 13.0. The lowest BCUT2D eigenvalue weighted by Crippen LogP contribution is -2.29. The number of rotatable bonds is 14. The van der Waals surface area contributed by atoms with Crippen LogP contribution in [0.1, 0.15) is 43.9 Å². The van der Waals surface area contributed by atoms with Crippen LogP contribution in [0.25, 0.3) is 0 Å². The maximum absolute atomic E-state index is 2.46. The van der Waals surface area contributed by atoms with Crippen LogP contribution in [0, 0.1) is 26.7 Å². The Balaban J connectivity index is 1.23. The van der Waals surface area contributed by atoms with E-state index in [1.54, 1.807) is 0 Å². The van der Waals surface area contributed by atoms with Crippen molar-refractivity contribution in [2.45, 2.75) is 54.0 Å². The zero-order chi connectivity index (χ0) is 43.7. The van der Waals surface area contributed by atoms with Crippen molar-refractivity contribution in [1.29, 1.82) is 0 Å². The Morgan fingerprint density at radius 1 is 0.476 bits per heavy atom. The Labute approximate surface area is 375 Å². The third kappa shape index (κ3) is 9.93. The standard InChI is InChI=1S/C59H58N4/c1-7-17-56(40-44(2)3)63(59-27-16-20-47(6)43-59)55-38-32-52(33-39-55)60(50-28-34-53(35-29-50)61(48-21-10-8-11-22-48)57-25-14-18-45(4)41-57)51-30-36-54(37-31-51)62(49-23-12-9-13-24-49)58-26-15-19-46(5)42-58/h7-23,25-44,49H,24H2,1-6H3/b17-7-,56-40+. The molecular weight excluding hydrogens is 765 g/mol. The van der Waals surface area contributed by atoms with E-state index in [-0.39, 0.29) is 6.04 Å². The fourth-order valence-electron chi connectivity index (χ4n) is 8.50. The highest BCUT2D eigenvalue weighted by Crippen LogP contribution is 2.42. The number of nitrogens with zero attached hydrogens (tertiary/aromatic N) is 4. The number of anilines is 10. The molecule has 1 unspecified atom stereocenters. The molecule has 0 saturated carbocycles. The Kier molecular flexibility index (Phi) is 13.2. The molecule has 0 N–H and O–H groups in total. The maximum Gasteiger partial charge on any atom is 0.0559 e. The van der Waals surface area contributed by atoms with Gasteiger partial charge < -0.3 is 19.6 Å². The minimum atomic E-state index is 0.216. The van der Waals surface area contributed by atoms with E-state index in [2.05, 4.69) is 280 Å². The predicted octanol–water partition coefficient (Wildman–Crippen LogP) is 16.8. The quantitative estimate of drug-likeness (QED) is 0.101. The van der Waals surface area contributed by atoms with E-state index in [1.165, 1.54) is 22.4 Å². The molecule has 0 heterocycles. The first-order chi connectivity index (χ1) is 30.7. The van der Waals surface area contributed by atoms with E-state index in [9.17, 15) is 0 Å². The molecule has 1 atom stereocenters. The van der Waals surface area contributed by atoms with E-state index >= 15 is 0 Å². The van der Waals surface area contributed by atoms with Crippen molar-refractivity contribution in [1.82, 2.24) is 0 Å². The summed E-state index contributed by atoms with van der Waals surface area (Å²) in [4.78, 5) is 9.52. The van der Waals surface area contributed by atoms with Crippen molar-refractivity contribution >= 4 is 56.9 Å². The molecule has 0 aliphatic heterocycles. The summed E-state index contributed by atoms with van der Waals surface area (Å²) < 4.78 is 0. The van der Waals surface area contributed by atoms with Crippen LogP contribution in [0.5, 0.6) is 0 Å². The molecule has 4 heteroatoms. The van der Waals surface area contributed by atoms with Crippen molar-refractivity contribution in [2.24, 2.45) is 5.92 Å². The van der Waals surface area contributed by atoms with Crippen molar-refractivity contribution in [3.63, 3.8) is 0 Å². The predicted molar refractivity (Wildman–Crippen MR) is 272 cm³/mol. The van der Waals surface area contributed by atoms with Gasteiger partial charge in [0.15, 0.2) is 0 Å². The van der Waals surface area contributed by atoms with Crippen molar-refractivity contribution in [3.05, 3.63) is 241 Å². The summed E-state index contributed by atoms with van der Waals surface area (Å²) in [5, 5.41) is 0. The molecule has 0 aromatic heterocycles. The summed E-state index contributed by atoms with van der Waals surface area (Å²) in [5.41, 5.74) is 15.9. The summed E-state index contributed by atoms with van der Waals surface area (Å²) in [6, 6.07) is 64.2. The normalized spacial score (nSPS) is 13.7. The van der Waals surface area contributed by atoms with Crippen molar-refractivity contribution in [3.8, 4) is 0 Å². The summed E-state index contributed by atoms with van der Waals surface area (Å²) in [7, 11) is 0. The molecule has 8 rings (SSSR count). The second kappa shape index (κ2) is 19.6. The summed E-state index contributed by atoms with van der Waals surface area (Å²) in [6.07, 6.45) is 16.5. The van der Waals surface area contributed by atoms with Gasteiger partial charge in [0.25, 0.3) is 0 Å². The highest BCUT2D eigenvalue weighted by atomic mass is 15.2. The van der Waals surface area contributed by atoms with Crippen LogP contribution in [0.2, 0.25) is 0 Å². The molecule has 0 bridgehead atoms. The molecule has 4 nitrogen and oxygen atoms in total. The van der Waals surface area contributed by atoms with E-state index in [0.717, 1.165) is 63.3 Å². The molecular formula is C59H58N4. The van der Waals surface area contributed by atoms with Gasteiger partial charge in [-0.25, -0.2) is 0 Å². The molecule has 0 radical (unpaired) electrons. The molecule has 1 aliphatic rings. The van der Waals surface area contributed by atoms with Gasteiger partial charge >= 0.3 is 0 Å². The van der Waals surface area contributed by atoms with Gasteiger partial charge in [-0.05, 0) is 184 Å². The summed E-state index contributed by atoms with van der Waals surface area (Å²) >= 11 is 0. The number of allylic oxidation sites excluding steroid dienone is 5. The monoisotopic (exact) mass is 822 g/mol. The highest BCUT2D eigenvalue weighted by Gasteiger charge is 2.22. The van der Waals surface area contributed by atoms with Crippen LogP contribution in [0.15, 0.2) is 224 Å². The van der Waals surface area contributed by atoms with E-state index in [1.807, 2.05) is 0 Å². The number of para-hydroxylation sites is 1. The average molecular weight is 823 g/mol. The van der Waals surface area contributed by atoms with Crippen LogP contribution in [-0.4, -0.2) is 6.04 Å². The van der Waals surface area contributed by atoms with Gasteiger partial charge in [0.05, 0.1) is 6.04 Å². The SMILES string of the molecule is C/C=C\C(=C/C(C)C)N(c1ccc(N(c2ccc(N(c3ccccc3)c3cccc(C)c3)cc2)c2ccc(N(c3cccc(C)c3)C3C=CC=CC3)cc2)cc1)c1cccc(C)c1. The number of benzene rings is 7. The maximum atomic E-state index is 2.46. The molecule has 7 aromatic carbocycles. The molecule has 1 aliphatic carbocycles. The first kappa shape index (κ1) is 42.4. The van der Waals surface area contributed by atoms with Crippen LogP contribution >= 0.6 is 0 Å². The number of aryl methyl sites for hydroxylation is 3. The second-order valence-electron chi connectivity index (χ2n) is 16.7. The van der Waals surface area contributed by atoms with E-state index < -0.39 is 0 Å². The van der Waals surface area contributed by atoms with Crippen molar-refractivity contribution in [2.75, 3.05) is 19.6 Å². The van der Waals surface area contributed by atoms with Gasteiger partial charge in [0, 0.05) is 62.6 Å². The molecule has 0 amide bonds. The van der Waals surface area contributed by atoms with Crippen LogP contribution in [0.4, 0.5) is 56.9 Å². The summed E-state index contributed by atoms with van der Waals surface area (Å²) in [5.74, 6) is 0.375. The first-order valence-corrected chi connectivity index (χ1v) is 22.2. The lowest BCUT2D eigenvalue weighted by molar-refractivity contribution is 0.785. The molecule has 7 aromatic rings. The minimum Gasteiger partial charge on any atom is -0.334 e. The first-order valence-electron chi connectivity index (χ1n) is 22.2. The highest BCUT2D eigenvalue weighted by molar-refractivity contribution is 5.83. The third-order valence-corrected chi connectivity index (χ3v) is 11.3. The number of hydrogen-bond donors (Lipinski definition) is 0. The van der Waals surface area contributed by atoms with Gasteiger partial charge in [0.2, 0.25) is 0 Å². The Morgan fingerprint density at radius 2 is 0.921 bits per heavy atom. The van der Waals surface area contributed by atoms with Crippen LogP contribution < -0.4 is 19.6 Å². The zero-order valence-electron chi connectivity index (χ0n) is 37.4. The molecule has 0 fully saturated rings. The van der Waals surface area contributed by atoms with Crippen LogP contribution in [0.3, 0.4) is 0 Å². The topological polar surface area (TPSA) is 13.0 Å². The largest absolute Gasteiger partial charge is 0.334 e. The van der Waals surface area contributed by atoms with Gasteiger partial charge in [-0.1, -0.05) is 105 Å². The lowest BCUT2D eigenvalue weighted by Gasteiger charge is -2.33. The number of hydrogen-bond acceptors (Lipinski definition) is 4.